The summed E-state index contributed by atoms with van der Waals surface area (Å²) < 4.78 is 0. The molecular weight excluding hydrogens is 214 g/mol. The zero-order valence-corrected chi connectivity index (χ0v) is 9.14. The number of hydrogen-bond donors (Lipinski definition) is 2. The van der Waals surface area contributed by atoms with Crippen LogP contribution in [0.4, 0.5) is 5.82 Å². The van der Waals surface area contributed by atoms with Crippen LogP contribution < -0.4 is 0 Å². The van der Waals surface area contributed by atoms with Gasteiger partial charge in [-0.1, -0.05) is 6.07 Å². The molecule has 0 spiro atoms. The molecule has 5 nitrogen and oxygen atoms in total. The highest BCUT2D eigenvalue weighted by Gasteiger charge is 2.14. The predicted molar refractivity (Wildman–Crippen MR) is 65.2 cm³/mol. The van der Waals surface area contributed by atoms with Gasteiger partial charge in [0.2, 0.25) is 0 Å². The summed E-state index contributed by atoms with van der Waals surface area (Å²) in [5.41, 5.74) is 2.54. The SMILES string of the molecule is N=C1C=Nc2nc(Cc3cccnc3)[nH]c2C1. The topological polar surface area (TPSA) is 77.8 Å². The number of imidazole rings is 1. The van der Waals surface area contributed by atoms with Crippen molar-refractivity contribution in [1.29, 1.82) is 5.41 Å². The van der Waals surface area contributed by atoms with E-state index >= 15 is 0 Å². The quantitative estimate of drug-likeness (QED) is 0.815. The highest BCUT2D eigenvalue weighted by atomic mass is 15.0. The van der Waals surface area contributed by atoms with Gasteiger partial charge in [-0.05, 0) is 11.6 Å². The third-order valence-electron chi connectivity index (χ3n) is 2.61. The Kier molecular flexibility index (Phi) is 2.29. The lowest BCUT2D eigenvalue weighted by atomic mass is 10.2. The second kappa shape index (κ2) is 3.93. The minimum atomic E-state index is 0.508. The van der Waals surface area contributed by atoms with E-state index in [1.165, 1.54) is 0 Å². The molecule has 0 aliphatic carbocycles. The Morgan fingerprint density at radius 2 is 2.35 bits per heavy atom. The maximum atomic E-state index is 7.54. The molecule has 0 aromatic carbocycles. The van der Waals surface area contributed by atoms with Gasteiger partial charge in [-0.15, -0.1) is 0 Å². The fourth-order valence-electron chi connectivity index (χ4n) is 1.84. The zero-order chi connectivity index (χ0) is 11.7. The number of fused-ring (bicyclic) bond motifs is 1. The average molecular weight is 225 g/mol. The number of aliphatic imine (C=N–C) groups is 1. The fourth-order valence-corrected chi connectivity index (χ4v) is 1.84. The largest absolute Gasteiger partial charge is 0.343 e. The third kappa shape index (κ3) is 1.99. The molecule has 0 unspecified atom stereocenters. The first-order valence-corrected chi connectivity index (χ1v) is 5.39. The van der Waals surface area contributed by atoms with E-state index in [1.807, 2.05) is 18.3 Å². The number of nitrogens with zero attached hydrogens (tertiary/aromatic N) is 3. The molecule has 0 fully saturated rings. The van der Waals surface area contributed by atoms with Gasteiger partial charge in [-0.2, -0.15) is 0 Å². The number of nitrogens with one attached hydrogen (secondary N) is 2. The van der Waals surface area contributed by atoms with Crippen molar-refractivity contribution < 1.29 is 0 Å². The van der Waals surface area contributed by atoms with Crippen LogP contribution >= 0.6 is 0 Å². The van der Waals surface area contributed by atoms with Crippen LogP contribution in [0.25, 0.3) is 0 Å². The molecule has 84 valence electrons. The molecule has 2 aromatic rings. The van der Waals surface area contributed by atoms with Crippen LogP contribution in [0.15, 0.2) is 29.5 Å². The van der Waals surface area contributed by atoms with Gasteiger partial charge in [0.1, 0.15) is 5.82 Å². The zero-order valence-electron chi connectivity index (χ0n) is 9.14. The summed E-state index contributed by atoms with van der Waals surface area (Å²) in [4.78, 5) is 15.8. The lowest BCUT2D eigenvalue weighted by Gasteiger charge is -2.01. The van der Waals surface area contributed by atoms with Gasteiger partial charge >= 0.3 is 0 Å². The molecule has 3 heterocycles. The second-order valence-corrected chi connectivity index (χ2v) is 3.98. The van der Waals surface area contributed by atoms with Gasteiger partial charge in [0.25, 0.3) is 0 Å². The number of H-pyrrole nitrogens is 1. The Hall–Kier alpha value is -2.30. The summed E-state index contributed by atoms with van der Waals surface area (Å²) in [6.45, 7) is 0. The van der Waals surface area contributed by atoms with E-state index in [4.69, 9.17) is 5.41 Å². The van der Waals surface area contributed by atoms with E-state index in [0.717, 1.165) is 17.1 Å². The van der Waals surface area contributed by atoms with Crippen molar-refractivity contribution in [2.45, 2.75) is 12.8 Å². The fraction of sp³-hybridized carbons (Fsp3) is 0.167. The lowest BCUT2D eigenvalue weighted by molar-refractivity contribution is 1.00. The van der Waals surface area contributed by atoms with E-state index in [1.54, 1.807) is 12.4 Å². The lowest BCUT2D eigenvalue weighted by Crippen LogP contribution is -2.07. The molecule has 2 N–H and O–H groups in total. The summed E-state index contributed by atoms with van der Waals surface area (Å²) >= 11 is 0. The van der Waals surface area contributed by atoms with Gasteiger partial charge in [0.05, 0.1) is 17.6 Å². The van der Waals surface area contributed by atoms with Gasteiger partial charge in [0.15, 0.2) is 5.82 Å². The Morgan fingerprint density at radius 1 is 1.41 bits per heavy atom. The van der Waals surface area contributed by atoms with E-state index in [0.29, 0.717) is 24.4 Å². The Morgan fingerprint density at radius 3 is 3.18 bits per heavy atom. The first-order valence-electron chi connectivity index (χ1n) is 5.39. The maximum Gasteiger partial charge on any atom is 0.173 e. The number of hydrogen-bond acceptors (Lipinski definition) is 4. The number of pyridine rings is 1. The monoisotopic (exact) mass is 225 g/mol. The molecule has 0 amide bonds. The number of aromatic amines is 1. The van der Waals surface area contributed by atoms with Gasteiger partial charge < -0.3 is 10.4 Å². The van der Waals surface area contributed by atoms with E-state index in [9.17, 15) is 0 Å². The van der Waals surface area contributed by atoms with Crippen LogP contribution in [0.5, 0.6) is 0 Å². The van der Waals surface area contributed by atoms with Crippen LogP contribution in [0.3, 0.4) is 0 Å². The molecule has 0 saturated carbocycles. The van der Waals surface area contributed by atoms with Crippen LogP contribution in [0.2, 0.25) is 0 Å². The number of rotatable bonds is 2. The van der Waals surface area contributed by atoms with Crippen molar-refractivity contribution in [3.63, 3.8) is 0 Å². The van der Waals surface area contributed by atoms with Gasteiger partial charge in [-0.3, -0.25) is 4.98 Å². The number of aromatic nitrogens is 3. The third-order valence-corrected chi connectivity index (χ3v) is 2.61. The van der Waals surface area contributed by atoms with Gasteiger partial charge in [0, 0.05) is 25.2 Å². The molecule has 0 bridgehead atoms. The smallest absolute Gasteiger partial charge is 0.173 e. The molecule has 1 aliphatic heterocycles. The second-order valence-electron chi connectivity index (χ2n) is 3.98. The Labute approximate surface area is 98.2 Å². The molecule has 17 heavy (non-hydrogen) atoms. The molecular formula is C12H11N5. The first kappa shape index (κ1) is 9.89. The molecule has 0 atom stereocenters. The van der Waals surface area contributed by atoms with E-state index in [-0.39, 0.29) is 0 Å². The molecule has 0 saturated heterocycles. The maximum absolute atomic E-state index is 7.54. The summed E-state index contributed by atoms with van der Waals surface area (Å²) in [6, 6.07) is 3.92. The van der Waals surface area contributed by atoms with Crippen molar-refractivity contribution in [3.8, 4) is 0 Å². The summed E-state index contributed by atoms with van der Waals surface area (Å²) in [5, 5.41) is 7.54. The molecule has 3 rings (SSSR count). The van der Waals surface area contributed by atoms with Crippen molar-refractivity contribution in [1.82, 2.24) is 15.0 Å². The van der Waals surface area contributed by atoms with Crippen molar-refractivity contribution in [2.75, 3.05) is 0 Å². The average Bonchev–Trinajstić information content (AvgIpc) is 2.71. The van der Waals surface area contributed by atoms with Crippen molar-refractivity contribution in [3.05, 3.63) is 41.6 Å². The summed E-state index contributed by atoms with van der Waals surface area (Å²) in [6.07, 6.45) is 6.43. The molecule has 0 radical (unpaired) electrons. The van der Waals surface area contributed by atoms with Crippen LogP contribution in [-0.4, -0.2) is 26.9 Å². The molecule has 2 aromatic heterocycles. The summed E-state index contributed by atoms with van der Waals surface area (Å²) in [7, 11) is 0. The Bertz CT molecular complexity index is 582. The van der Waals surface area contributed by atoms with Crippen LogP contribution in [0.1, 0.15) is 17.1 Å². The van der Waals surface area contributed by atoms with Crippen molar-refractivity contribution in [2.24, 2.45) is 4.99 Å². The van der Waals surface area contributed by atoms with E-state index in [2.05, 4.69) is 19.9 Å². The van der Waals surface area contributed by atoms with E-state index < -0.39 is 0 Å². The Balaban J connectivity index is 1.87. The predicted octanol–water partition coefficient (Wildman–Crippen LogP) is 1.67. The standard InChI is InChI=1S/C12H11N5/c13-9-5-10-12(15-7-9)17-11(16-10)4-8-2-1-3-14-6-8/h1-3,6-7,13H,4-5H2,(H,16,17). The van der Waals surface area contributed by atoms with Crippen LogP contribution in [-0.2, 0) is 12.8 Å². The van der Waals surface area contributed by atoms with Crippen molar-refractivity contribution >= 4 is 17.7 Å². The normalized spacial score (nSPS) is 13.8. The minimum Gasteiger partial charge on any atom is -0.343 e. The van der Waals surface area contributed by atoms with Gasteiger partial charge in [-0.25, -0.2) is 9.98 Å². The highest BCUT2D eigenvalue weighted by Crippen LogP contribution is 2.20. The minimum absolute atomic E-state index is 0.508. The van der Waals surface area contributed by atoms with Crippen LogP contribution in [0, 0.1) is 5.41 Å². The first-order chi connectivity index (χ1) is 8.31. The highest BCUT2D eigenvalue weighted by molar-refractivity contribution is 6.31. The summed E-state index contributed by atoms with van der Waals surface area (Å²) in [5.74, 6) is 1.58. The molecule has 1 aliphatic rings. The molecule has 5 heteroatoms.